The van der Waals surface area contributed by atoms with Crippen molar-refractivity contribution in [3.8, 4) is 11.1 Å². The molecule has 1 amide bonds. The number of pyridine rings is 1. The number of nitrogens with zero attached hydrogens (tertiary/aromatic N) is 2. The van der Waals surface area contributed by atoms with Crippen molar-refractivity contribution >= 4 is 5.91 Å². The van der Waals surface area contributed by atoms with E-state index in [4.69, 9.17) is 4.42 Å². The van der Waals surface area contributed by atoms with Crippen LogP contribution in [0.15, 0.2) is 59.5 Å². The third-order valence-electron chi connectivity index (χ3n) is 3.76. The van der Waals surface area contributed by atoms with Crippen LogP contribution in [0.3, 0.4) is 0 Å². The molecule has 1 aromatic carbocycles. The Labute approximate surface area is 139 Å². The smallest absolute Gasteiger partial charge is 0.254 e. The molecule has 0 spiro atoms. The maximum absolute atomic E-state index is 13.7. The van der Waals surface area contributed by atoms with Gasteiger partial charge in [0.15, 0.2) is 0 Å². The number of furan rings is 1. The van der Waals surface area contributed by atoms with Crippen molar-refractivity contribution in [2.24, 2.45) is 0 Å². The first-order valence-corrected chi connectivity index (χ1v) is 7.53. The van der Waals surface area contributed by atoms with E-state index in [-0.39, 0.29) is 5.91 Å². The second kappa shape index (κ2) is 6.66. The molecule has 0 bridgehead atoms. The number of hydrogen-bond donors (Lipinski definition) is 0. The zero-order valence-corrected chi connectivity index (χ0v) is 13.5. The first-order valence-electron chi connectivity index (χ1n) is 7.53. The minimum Gasteiger partial charge on any atom is -0.472 e. The lowest BCUT2D eigenvalue weighted by Crippen LogP contribution is -2.27. The highest BCUT2D eigenvalue weighted by Gasteiger charge is 2.19. The molecule has 5 heteroatoms. The number of carbonyl (C=O) groups is 1. The molecular formula is C19H17FN2O2. The largest absolute Gasteiger partial charge is 0.472 e. The van der Waals surface area contributed by atoms with Gasteiger partial charge < -0.3 is 9.32 Å². The molecule has 0 saturated heterocycles. The summed E-state index contributed by atoms with van der Waals surface area (Å²) in [5.41, 5.74) is 3.50. The maximum Gasteiger partial charge on any atom is 0.254 e. The number of halogens is 1. The Morgan fingerprint density at radius 2 is 2.08 bits per heavy atom. The fraction of sp³-hybridized carbons (Fsp3) is 0.158. The number of carbonyl (C=O) groups excluding carboxylic acids is 1. The van der Waals surface area contributed by atoms with Gasteiger partial charge in [0.1, 0.15) is 5.82 Å². The summed E-state index contributed by atoms with van der Waals surface area (Å²) >= 11 is 0. The third kappa shape index (κ3) is 3.35. The summed E-state index contributed by atoms with van der Waals surface area (Å²) in [5.74, 6) is -0.722. The Hall–Kier alpha value is -2.95. The lowest BCUT2D eigenvalue weighted by Gasteiger charge is -2.18. The molecule has 0 aliphatic rings. The molecule has 0 atom stereocenters. The summed E-state index contributed by atoms with van der Waals surface area (Å²) in [4.78, 5) is 18.6. The van der Waals surface area contributed by atoms with Crippen LogP contribution < -0.4 is 0 Å². The zero-order valence-electron chi connectivity index (χ0n) is 13.5. The molecule has 2 heterocycles. The van der Waals surface area contributed by atoms with Crippen molar-refractivity contribution < 1.29 is 13.6 Å². The summed E-state index contributed by atoms with van der Waals surface area (Å²) in [5, 5.41) is 0. The molecule has 122 valence electrons. The Bertz CT molecular complexity index is 842. The van der Waals surface area contributed by atoms with E-state index in [9.17, 15) is 9.18 Å². The summed E-state index contributed by atoms with van der Waals surface area (Å²) in [7, 11) is 1.67. The van der Waals surface area contributed by atoms with Gasteiger partial charge in [0.05, 0.1) is 30.3 Å². The molecular weight excluding hydrogens is 307 g/mol. The van der Waals surface area contributed by atoms with Gasteiger partial charge in [0, 0.05) is 18.8 Å². The van der Waals surface area contributed by atoms with Gasteiger partial charge in [-0.3, -0.25) is 9.78 Å². The lowest BCUT2D eigenvalue weighted by atomic mass is 10.0. The molecule has 3 rings (SSSR count). The van der Waals surface area contributed by atoms with Crippen molar-refractivity contribution in [3.05, 3.63) is 77.8 Å². The number of aryl methyl sites for hydroxylation is 1. The average molecular weight is 324 g/mol. The van der Waals surface area contributed by atoms with E-state index in [0.717, 1.165) is 16.8 Å². The van der Waals surface area contributed by atoms with Gasteiger partial charge in [-0.1, -0.05) is 12.1 Å². The van der Waals surface area contributed by atoms with Gasteiger partial charge in [-0.15, -0.1) is 0 Å². The maximum atomic E-state index is 13.7. The Morgan fingerprint density at radius 3 is 2.75 bits per heavy atom. The minimum atomic E-state index is -0.451. The first kappa shape index (κ1) is 15.9. The van der Waals surface area contributed by atoms with Crippen molar-refractivity contribution in [2.75, 3.05) is 7.05 Å². The van der Waals surface area contributed by atoms with Crippen LogP contribution in [0.2, 0.25) is 0 Å². The summed E-state index contributed by atoms with van der Waals surface area (Å²) in [6, 6.07) is 9.74. The van der Waals surface area contributed by atoms with E-state index in [1.54, 1.807) is 25.4 Å². The van der Waals surface area contributed by atoms with Crippen molar-refractivity contribution in [1.29, 1.82) is 0 Å². The Morgan fingerprint density at radius 1 is 1.25 bits per heavy atom. The lowest BCUT2D eigenvalue weighted by molar-refractivity contribution is 0.0783. The number of benzene rings is 1. The molecule has 0 aliphatic carbocycles. The van der Waals surface area contributed by atoms with E-state index in [1.807, 2.05) is 19.1 Å². The predicted octanol–water partition coefficient (Wildman–Crippen LogP) is 4.06. The minimum absolute atomic E-state index is 0.270. The standard InChI is InChI=1S/C19H17FN2O2/c1-13-3-5-16(21-10-13)11-22(2)19(23)18-9-15(20)4-6-17(18)14-7-8-24-12-14/h3-10,12H,11H2,1-2H3. The molecule has 0 aliphatic heterocycles. The molecule has 0 saturated carbocycles. The van der Waals surface area contributed by atoms with Gasteiger partial charge in [0.25, 0.3) is 5.91 Å². The molecule has 4 nitrogen and oxygen atoms in total. The van der Waals surface area contributed by atoms with Crippen LogP contribution in [0.25, 0.3) is 11.1 Å². The van der Waals surface area contributed by atoms with Crippen LogP contribution >= 0.6 is 0 Å². The van der Waals surface area contributed by atoms with E-state index in [2.05, 4.69) is 4.98 Å². The van der Waals surface area contributed by atoms with Gasteiger partial charge in [-0.05, 0) is 42.3 Å². The molecule has 0 unspecified atom stereocenters. The molecule has 24 heavy (non-hydrogen) atoms. The highest BCUT2D eigenvalue weighted by molar-refractivity contribution is 6.00. The Kier molecular flexibility index (Phi) is 4.42. The highest BCUT2D eigenvalue weighted by Crippen LogP contribution is 2.26. The topological polar surface area (TPSA) is 46.3 Å². The fourth-order valence-electron chi connectivity index (χ4n) is 2.48. The van der Waals surface area contributed by atoms with E-state index >= 15 is 0 Å². The normalized spacial score (nSPS) is 10.6. The molecule has 2 aromatic heterocycles. The number of hydrogen-bond acceptors (Lipinski definition) is 3. The van der Waals surface area contributed by atoms with Crippen LogP contribution in [-0.4, -0.2) is 22.8 Å². The second-order valence-electron chi connectivity index (χ2n) is 5.69. The van der Waals surface area contributed by atoms with Crippen LogP contribution in [0, 0.1) is 12.7 Å². The zero-order chi connectivity index (χ0) is 17.1. The summed E-state index contributed by atoms with van der Waals surface area (Å²) in [6.07, 6.45) is 4.81. The summed E-state index contributed by atoms with van der Waals surface area (Å²) in [6.45, 7) is 2.30. The molecule has 0 radical (unpaired) electrons. The van der Waals surface area contributed by atoms with Crippen LogP contribution in [0.1, 0.15) is 21.6 Å². The van der Waals surface area contributed by atoms with E-state index in [0.29, 0.717) is 17.7 Å². The second-order valence-corrected chi connectivity index (χ2v) is 5.69. The van der Waals surface area contributed by atoms with Crippen molar-refractivity contribution in [1.82, 2.24) is 9.88 Å². The van der Waals surface area contributed by atoms with Crippen molar-refractivity contribution in [3.63, 3.8) is 0 Å². The third-order valence-corrected chi connectivity index (χ3v) is 3.76. The van der Waals surface area contributed by atoms with Crippen LogP contribution in [0.5, 0.6) is 0 Å². The predicted molar refractivity (Wildman–Crippen MR) is 88.9 cm³/mol. The number of aromatic nitrogens is 1. The fourth-order valence-corrected chi connectivity index (χ4v) is 2.48. The van der Waals surface area contributed by atoms with Gasteiger partial charge >= 0.3 is 0 Å². The SMILES string of the molecule is Cc1ccc(CN(C)C(=O)c2cc(F)ccc2-c2ccoc2)nc1. The van der Waals surface area contributed by atoms with Crippen molar-refractivity contribution in [2.45, 2.75) is 13.5 Å². The molecule has 0 N–H and O–H groups in total. The first-order chi connectivity index (χ1) is 11.5. The monoisotopic (exact) mass is 324 g/mol. The average Bonchev–Trinajstić information content (AvgIpc) is 3.10. The van der Waals surface area contributed by atoms with Crippen LogP contribution in [-0.2, 0) is 6.54 Å². The quantitative estimate of drug-likeness (QED) is 0.727. The number of rotatable bonds is 4. The highest BCUT2D eigenvalue weighted by atomic mass is 19.1. The molecule has 3 aromatic rings. The molecule has 0 fully saturated rings. The van der Waals surface area contributed by atoms with Gasteiger partial charge in [0.2, 0.25) is 0 Å². The van der Waals surface area contributed by atoms with E-state index < -0.39 is 5.82 Å². The number of amides is 1. The van der Waals surface area contributed by atoms with Gasteiger partial charge in [-0.25, -0.2) is 4.39 Å². The van der Waals surface area contributed by atoms with Gasteiger partial charge in [-0.2, -0.15) is 0 Å². The summed E-state index contributed by atoms with van der Waals surface area (Å²) < 4.78 is 18.7. The van der Waals surface area contributed by atoms with Crippen LogP contribution in [0.4, 0.5) is 4.39 Å². The van der Waals surface area contributed by atoms with E-state index in [1.165, 1.54) is 29.6 Å². The Balaban J connectivity index is 1.89.